The second-order valence-electron chi connectivity index (χ2n) is 3.72. The van der Waals surface area contributed by atoms with Gasteiger partial charge < -0.3 is 20.5 Å². The van der Waals surface area contributed by atoms with Crippen LogP contribution in [0.4, 0.5) is 5.69 Å². The Morgan fingerprint density at radius 3 is 2.58 bits per heavy atom. The van der Waals surface area contributed by atoms with E-state index in [0.29, 0.717) is 4.47 Å². The lowest BCUT2D eigenvalue weighted by molar-refractivity contribution is 0.0696. The molecule has 2 rings (SSSR count). The fourth-order valence-electron chi connectivity index (χ4n) is 1.46. The van der Waals surface area contributed by atoms with Crippen molar-refractivity contribution in [3.8, 4) is 5.75 Å². The second-order valence-corrected chi connectivity index (χ2v) is 4.64. The van der Waals surface area contributed by atoms with E-state index in [1.165, 1.54) is 18.2 Å². The van der Waals surface area contributed by atoms with Crippen LogP contribution in [0.25, 0.3) is 0 Å². The molecule has 0 aliphatic heterocycles. The third kappa shape index (κ3) is 2.94. The van der Waals surface area contributed by atoms with Gasteiger partial charge >= 0.3 is 5.97 Å². The summed E-state index contributed by atoms with van der Waals surface area (Å²) >= 11 is 3.19. The Morgan fingerprint density at radius 1 is 1.26 bits per heavy atom. The number of H-pyrrole nitrogens is 1. The Kier molecular flexibility index (Phi) is 3.57. The summed E-state index contributed by atoms with van der Waals surface area (Å²) in [5.41, 5.74) is 0.295. The van der Waals surface area contributed by atoms with Crippen molar-refractivity contribution >= 4 is 33.5 Å². The maximum absolute atomic E-state index is 11.8. The van der Waals surface area contributed by atoms with Crippen LogP contribution >= 0.6 is 15.9 Å². The molecule has 0 saturated heterocycles. The number of benzene rings is 1. The third-order valence-corrected chi connectivity index (χ3v) is 2.84. The maximum Gasteiger partial charge on any atom is 0.335 e. The number of carboxylic acids is 1. The van der Waals surface area contributed by atoms with Crippen LogP contribution in [-0.2, 0) is 0 Å². The van der Waals surface area contributed by atoms with Gasteiger partial charge in [0.25, 0.3) is 5.91 Å². The molecule has 0 unspecified atom stereocenters. The highest BCUT2D eigenvalue weighted by Crippen LogP contribution is 2.25. The van der Waals surface area contributed by atoms with E-state index in [-0.39, 0.29) is 22.7 Å². The molecule has 98 valence electrons. The molecule has 7 heteroatoms. The highest BCUT2D eigenvalue weighted by atomic mass is 79.9. The summed E-state index contributed by atoms with van der Waals surface area (Å²) in [7, 11) is 0. The minimum Gasteiger partial charge on any atom is -0.506 e. The Bertz CT molecular complexity index is 651. The molecule has 4 N–H and O–H groups in total. The van der Waals surface area contributed by atoms with E-state index in [1.807, 2.05) is 0 Å². The molecule has 0 bridgehead atoms. The van der Waals surface area contributed by atoms with E-state index in [0.717, 1.165) is 0 Å². The summed E-state index contributed by atoms with van der Waals surface area (Å²) in [5.74, 6) is -1.83. The molecule has 0 aliphatic carbocycles. The van der Waals surface area contributed by atoms with E-state index in [9.17, 15) is 14.7 Å². The van der Waals surface area contributed by atoms with Gasteiger partial charge in [0.2, 0.25) is 0 Å². The van der Waals surface area contributed by atoms with Gasteiger partial charge in [0.15, 0.2) is 0 Å². The average Bonchev–Trinajstić information content (AvgIpc) is 2.78. The van der Waals surface area contributed by atoms with Crippen LogP contribution in [0, 0.1) is 0 Å². The summed E-state index contributed by atoms with van der Waals surface area (Å²) < 4.78 is 0.709. The number of rotatable bonds is 3. The molecule has 1 amide bonds. The number of hydrogen-bond donors (Lipinski definition) is 4. The lowest BCUT2D eigenvalue weighted by Crippen LogP contribution is -2.12. The van der Waals surface area contributed by atoms with Crippen molar-refractivity contribution in [3.05, 3.63) is 46.2 Å². The van der Waals surface area contributed by atoms with Crippen molar-refractivity contribution in [1.82, 2.24) is 4.98 Å². The highest BCUT2D eigenvalue weighted by Gasteiger charge is 2.13. The van der Waals surface area contributed by atoms with Gasteiger partial charge in [-0.3, -0.25) is 4.79 Å². The summed E-state index contributed by atoms with van der Waals surface area (Å²) in [6.07, 6.45) is 1.59. The number of carbonyl (C=O) groups excluding carboxylic acids is 1. The van der Waals surface area contributed by atoms with Gasteiger partial charge in [0.1, 0.15) is 11.4 Å². The summed E-state index contributed by atoms with van der Waals surface area (Å²) in [4.78, 5) is 25.4. The van der Waals surface area contributed by atoms with Crippen LogP contribution < -0.4 is 5.32 Å². The van der Waals surface area contributed by atoms with Crippen molar-refractivity contribution in [2.75, 3.05) is 5.32 Å². The van der Waals surface area contributed by atoms with Crippen LogP contribution in [0.3, 0.4) is 0 Å². The molecular formula is C12H9BrN2O4. The number of phenolic OH excluding ortho intramolecular Hbond substituents is 1. The number of halogens is 1. The maximum atomic E-state index is 11.8. The van der Waals surface area contributed by atoms with Crippen molar-refractivity contribution in [2.45, 2.75) is 0 Å². The quantitative estimate of drug-likeness (QED) is 0.651. The number of aromatic amines is 1. The summed E-state index contributed by atoms with van der Waals surface area (Å²) in [6.45, 7) is 0. The minimum atomic E-state index is -1.14. The Hall–Kier alpha value is -2.28. The molecule has 19 heavy (non-hydrogen) atoms. The monoisotopic (exact) mass is 324 g/mol. The topological polar surface area (TPSA) is 102 Å². The van der Waals surface area contributed by atoms with E-state index >= 15 is 0 Å². The first-order chi connectivity index (χ1) is 8.97. The number of hydrogen-bond acceptors (Lipinski definition) is 3. The highest BCUT2D eigenvalue weighted by molar-refractivity contribution is 9.10. The molecule has 0 saturated carbocycles. The number of amides is 1. The molecular weight excluding hydrogens is 316 g/mol. The number of nitrogens with one attached hydrogen (secondary N) is 2. The van der Waals surface area contributed by atoms with E-state index in [1.54, 1.807) is 12.3 Å². The van der Waals surface area contributed by atoms with E-state index < -0.39 is 11.9 Å². The van der Waals surface area contributed by atoms with Gasteiger partial charge in [-0.25, -0.2) is 4.79 Å². The van der Waals surface area contributed by atoms with Crippen molar-refractivity contribution in [3.63, 3.8) is 0 Å². The first kappa shape index (κ1) is 13.2. The Morgan fingerprint density at radius 2 is 2.00 bits per heavy atom. The first-order valence-electron chi connectivity index (χ1n) is 5.19. The van der Waals surface area contributed by atoms with Crippen LogP contribution in [-0.4, -0.2) is 27.1 Å². The van der Waals surface area contributed by atoms with E-state index in [2.05, 4.69) is 26.2 Å². The number of aromatic nitrogens is 1. The zero-order valence-electron chi connectivity index (χ0n) is 9.48. The van der Waals surface area contributed by atoms with E-state index in [4.69, 9.17) is 5.11 Å². The zero-order valence-corrected chi connectivity index (χ0v) is 11.1. The Balaban J connectivity index is 2.25. The van der Waals surface area contributed by atoms with Gasteiger partial charge in [-0.2, -0.15) is 0 Å². The molecule has 0 spiro atoms. The minimum absolute atomic E-state index is 0.0271. The molecule has 0 atom stereocenters. The molecule has 0 aliphatic rings. The number of carbonyl (C=O) groups is 2. The molecule has 6 nitrogen and oxygen atoms in total. The van der Waals surface area contributed by atoms with Crippen molar-refractivity contribution in [2.24, 2.45) is 0 Å². The molecule has 2 aromatic rings. The van der Waals surface area contributed by atoms with Crippen LogP contribution in [0.2, 0.25) is 0 Å². The first-order valence-corrected chi connectivity index (χ1v) is 5.98. The lowest BCUT2D eigenvalue weighted by Gasteiger charge is -2.07. The zero-order chi connectivity index (χ0) is 14.0. The van der Waals surface area contributed by atoms with Gasteiger partial charge in [-0.15, -0.1) is 0 Å². The lowest BCUT2D eigenvalue weighted by atomic mass is 10.2. The van der Waals surface area contributed by atoms with Crippen LogP contribution in [0.5, 0.6) is 5.75 Å². The Labute approximate surface area is 116 Å². The smallest absolute Gasteiger partial charge is 0.335 e. The SMILES string of the molecule is O=C(O)c1ccc(O)c(NC(=O)c2cc(Br)c[nH]2)c1. The van der Waals surface area contributed by atoms with Crippen molar-refractivity contribution in [1.29, 1.82) is 0 Å². The van der Waals surface area contributed by atoms with Gasteiger partial charge in [0.05, 0.1) is 11.3 Å². The predicted molar refractivity (Wildman–Crippen MR) is 71.5 cm³/mol. The van der Waals surface area contributed by atoms with Crippen LogP contribution in [0.15, 0.2) is 34.9 Å². The number of phenols is 1. The summed E-state index contributed by atoms with van der Waals surface area (Å²) in [5, 5.41) is 20.9. The number of aromatic carboxylic acids is 1. The largest absolute Gasteiger partial charge is 0.506 e. The van der Waals surface area contributed by atoms with Crippen LogP contribution in [0.1, 0.15) is 20.8 Å². The molecule has 1 aromatic carbocycles. The molecule has 1 aromatic heterocycles. The average molecular weight is 325 g/mol. The molecule has 1 heterocycles. The predicted octanol–water partition coefficient (Wildman–Crippen LogP) is 2.43. The fourth-order valence-corrected chi connectivity index (χ4v) is 1.80. The van der Waals surface area contributed by atoms with Gasteiger partial charge in [-0.1, -0.05) is 0 Å². The molecule has 0 radical (unpaired) electrons. The second kappa shape index (κ2) is 5.15. The number of carboxylic acid groups (broad SMARTS) is 1. The number of anilines is 1. The van der Waals surface area contributed by atoms with Crippen molar-refractivity contribution < 1.29 is 19.8 Å². The van der Waals surface area contributed by atoms with Gasteiger partial charge in [0, 0.05) is 10.7 Å². The third-order valence-electron chi connectivity index (χ3n) is 2.38. The summed E-state index contributed by atoms with van der Waals surface area (Å²) in [6, 6.07) is 5.21. The number of aromatic hydroxyl groups is 1. The normalized spacial score (nSPS) is 10.2. The van der Waals surface area contributed by atoms with Gasteiger partial charge in [-0.05, 0) is 40.2 Å². The standard InChI is InChI=1S/C12H9BrN2O4/c13-7-4-9(14-5-7)11(17)15-8-3-6(12(18)19)1-2-10(8)16/h1-5,14,16H,(H,15,17)(H,18,19). The fraction of sp³-hybridized carbons (Fsp3) is 0. The molecule has 0 fully saturated rings.